The maximum absolute atomic E-state index is 13.0. The zero-order valence-corrected chi connectivity index (χ0v) is 21.5. The molecule has 4 rings (SSSR count). The molecule has 188 valence electrons. The second-order valence-electron chi connectivity index (χ2n) is 8.82. The summed E-state index contributed by atoms with van der Waals surface area (Å²) in [6, 6.07) is 19.0. The summed E-state index contributed by atoms with van der Waals surface area (Å²) in [5.41, 5.74) is 4.89. The molecule has 1 heterocycles. The number of hydrogen-bond acceptors (Lipinski definition) is 5. The van der Waals surface area contributed by atoms with Crippen LogP contribution in [0.1, 0.15) is 46.7 Å². The van der Waals surface area contributed by atoms with Crippen molar-refractivity contribution in [3.05, 3.63) is 83.2 Å². The Balaban J connectivity index is 1.48. The number of carbonyl (C=O) groups excluding carboxylic acids is 1. The van der Waals surface area contributed by atoms with Gasteiger partial charge >= 0.3 is 0 Å². The van der Waals surface area contributed by atoms with E-state index in [1.165, 1.54) is 11.1 Å². The van der Waals surface area contributed by atoms with Crippen molar-refractivity contribution in [3.63, 3.8) is 0 Å². The van der Waals surface area contributed by atoms with E-state index >= 15 is 0 Å². The molecule has 0 saturated carbocycles. The lowest BCUT2D eigenvalue weighted by molar-refractivity contribution is 0.0937. The summed E-state index contributed by atoms with van der Waals surface area (Å²) in [5, 5.41) is 3.08. The molecule has 1 atom stereocenters. The molecule has 0 saturated heterocycles. The molecule has 36 heavy (non-hydrogen) atoms. The molecule has 0 fully saturated rings. The zero-order valence-electron chi connectivity index (χ0n) is 21.5. The molecule has 3 aromatic carbocycles. The zero-order chi connectivity index (χ0) is 25.7. The quantitative estimate of drug-likeness (QED) is 0.294. The largest absolute Gasteiger partial charge is 0.494 e. The van der Waals surface area contributed by atoms with Gasteiger partial charge in [-0.2, -0.15) is 0 Å². The van der Waals surface area contributed by atoms with Crippen LogP contribution < -0.4 is 19.5 Å². The molecule has 1 N–H and O–H groups in total. The van der Waals surface area contributed by atoms with Crippen LogP contribution in [0.2, 0.25) is 0 Å². The Bertz CT molecular complexity index is 1360. The van der Waals surface area contributed by atoms with Crippen molar-refractivity contribution in [2.45, 2.75) is 39.8 Å². The Morgan fingerprint density at radius 2 is 1.75 bits per heavy atom. The number of ether oxygens (including phenoxy) is 3. The van der Waals surface area contributed by atoms with Gasteiger partial charge in [-0.25, -0.2) is 4.98 Å². The van der Waals surface area contributed by atoms with Crippen molar-refractivity contribution in [1.82, 2.24) is 14.9 Å². The fourth-order valence-corrected chi connectivity index (χ4v) is 4.20. The smallest absolute Gasteiger partial charge is 0.251 e. The molecule has 1 unspecified atom stereocenters. The van der Waals surface area contributed by atoms with Crippen molar-refractivity contribution in [1.29, 1.82) is 0 Å². The molecule has 0 aliphatic heterocycles. The van der Waals surface area contributed by atoms with Crippen LogP contribution in [0.15, 0.2) is 60.7 Å². The lowest BCUT2D eigenvalue weighted by Crippen LogP contribution is -2.29. The predicted molar refractivity (Wildman–Crippen MR) is 141 cm³/mol. The van der Waals surface area contributed by atoms with Gasteiger partial charge < -0.3 is 24.1 Å². The molecule has 0 spiro atoms. The summed E-state index contributed by atoms with van der Waals surface area (Å²) in [6.45, 7) is 7.43. The highest BCUT2D eigenvalue weighted by Gasteiger charge is 2.20. The average molecular weight is 488 g/mol. The van der Waals surface area contributed by atoms with Gasteiger partial charge in [0.25, 0.3) is 5.91 Å². The highest BCUT2D eigenvalue weighted by Crippen LogP contribution is 2.28. The molecule has 7 heteroatoms. The van der Waals surface area contributed by atoms with Crippen LogP contribution in [0.4, 0.5) is 0 Å². The van der Waals surface area contributed by atoms with Crippen molar-refractivity contribution >= 4 is 16.9 Å². The van der Waals surface area contributed by atoms with E-state index in [4.69, 9.17) is 19.2 Å². The van der Waals surface area contributed by atoms with Crippen LogP contribution in [0, 0.1) is 13.8 Å². The van der Waals surface area contributed by atoms with Crippen molar-refractivity contribution < 1.29 is 19.0 Å². The van der Waals surface area contributed by atoms with Crippen LogP contribution in [-0.2, 0) is 6.54 Å². The number of methoxy groups -OCH3 is 2. The lowest BCUT2D eigenvalue weighted by atomic mass is 10.1. The van der Waals surface area contributed by atoms with Gasteiger partial charge in [-0.05, 0) is 80.8 Å². The van der Waals surface area contributed by atoms with Gasteiger partial charge in [0.2, 0.25) is 0 Å². The van der Waals surface area contributed by atoms with Crippen LogP contribution in [0.25, 0.3) is 11.0 Å². The first-order chi connectivity index (χ1) is 17.4. The Morgan fingerprint density at radius 1 is 0.972 bits per heavy atom. The number of benzene rings is 3. The Kier molecular flexibility index (Phi) is 7.78. The van der Waals surface area contributed by atoms with Gasteiger partial charge in [-0.1, -0.05) is 18.2 Å². The van der Waals surface area contributed by atoms with Crippen LogP contribution in [0.5, 0.6) is 17.2 Å². The summed E-state index contributed by atoms with van der Waals surface area (Å²) < 4.78 is 18.8. The SMILES string of the molecule is COc1ccc(C(=O)NC(C)c2nc3ccccc3n2CCCOc2ccc(C)c(C)c2)cc1OC. The molecule has 7 nitrogen and oxygen atoms in total. The third kappa shape index (κ3) is 5.46. The van der Waals surface area contributed by atoms with Crippen molar-refractivity contribution in [2.75, 3.05) is 20.8 Å². The number of hydrogen-bond donors (Lipinski definition) is 1. The minimum absolute atomic E-state index is 0.208. The first kappa shape index (κ1) is 25.1. The summed E-state index contributed by atoms with van der Waals surface area (Å²) in [7, 11) is 3.12. The number of carbonyl (C=O) groups is 1. The number of rotatable bonds is 10. The first-order valence-electron chi connectivity index (χ1n) is 12.1. The average Bonchev–Trinajstić information content (AvgIpc) is 3.26. The monoisotopic (exact) mass is 487 g/mol. The molecule has 0 aliphatic rings. The van der Waals surface area contributed by atoms with Crippen molar-refractivity contribution in [2.24, 2.45) is 0 Å². The second kappa shape index (κ2) is 11.2. The maximum Gasteiger partial charge on any atom is 0.251 e. The third-order valence-electron chi connectivity index (χ3n) is 6.34. The van der Waals surface area contributed by atoms with E-state index in [-0.39, 0.29) is 11.9 Å². The maximum atomic E-state index is 13.0. The molecule has 1 aromatic heterocycles. The summed E-state index contributed by atoms with van der Waals surface area (Å²) in [5.74, 6) is 2.56. The second-order valence-corrected chi connectivity index (χ2v) is 8.82. The van der Waals surface area contributed by atoms with E-state index in [2.05, 4.69) is 41.9 Å². The van der Waals surface area contributed by atoms with Gasteiger partial charge in [0, 0.05) is 12.1 Å². The van der Waals surface area contributed by atoms with Crippen LogP contribution in [0.3, 0.4) is 0 Å². The fourth-order valence-electron chi connectivity index (χ4n) is 4.20. The normalized spacial score (nSPS) is 11.8. The summed E-state index contributed by atoms with van der Waals surface area (Å²) in [6.07, 6.45) is 0.802. The molecule has 0 radical (unpaired) electrons. The highest BCUT2D eigenvalue weighted by atomic mass is 16.5. The van der Waals surface area contributed by atoms with E-state index in [0.717, 1.165) is 35.6 Å². The molecule has 4 aromatic rings. The number of fused-ring (bicyclic) bond motifs is 1. The molecular formula is C29H33N3O4. The van der Waals surface area contributed by atoms with Crippen LogP contribution in [-0.4, -0.2) is 36.3 Å². The van der Waals surface area contributed by atoms with Crippen molar-refractivity contribution in [3.8, 4) is 17.2 Å². The van der Waals surface area contributed by atoms with E-state index in [1.807, 2.05) is 31.2 Å². The van der Waals surface area contributed by atoms with Gasteiger partial charge in [0.05, 0.1) is 37.9 Å². The van der Waals surface area contributed by atoms with Gasteiger partial charge in [-0.3, -0.25) is 4.79 Å². The predicted octanol–water partition coefficient (Wildman–Crippen LogP) is 5.63. The van der Waals surface area contributed by atoms with E-state index < -0.39 is 0 Å². The molecular weight excluding hydrogens is 454 g/mol. The third-order valence-corrected chi connectivity index (χ3v) is 6.34. The summed E-state index contributed by atoms with van der Waals surface area (Å²) >= 11 is 0. The fraction of sp³-hybridized carbons (Fsp3) is 0.310. The van der Waals surface area contributed by atoms with Gasteiger partial charge in [0.1, 0.15) is 11.6 Å². The lowest BCUT2D eigenvalue weighted by Gasteiger charge is -2.17. The number of aryl methyl sites for hydroxylation is 3. The Morgan fingerprint density at radius 3 is 2.50 bits per heavy atom. The standard InChI is InChI=1S/C29H33N3O4/c1-19-11-13-23(17-20(19)2)36-16-8-15-32-25-10-7-6-9-24(25)31-28(32)21(3)30-29(33)22-12-14-26(34-4)27(18-22)35-5/h6-7,9-14,17-18,21H,8,15-16H2,1-5H3,(H,30,33). The van der Waals surface area contributed by atoms with Gasteiger partial charge in [0.15, 0.2) is 11.5 Å². The number of nitrogens with zero attached hydrogens (tertiary/aromatic N) is 2. The number of amides is 1. The minimum Gasteiger partial charge on any atom is -0.494 e. The van der Waals surface area contributed by atoms with E-state index in [9.17, 15) is 4.79 Å². The summed E-state index contributed by atoms with van der Waals surface area (Å²) in [4.78, 5) is 17.9. The van der Waals surface area contributed by atoms with Crippen LogP contribution >= 0.6 is 0 Å². The molecule has 1 amide bonds. The Labute approximate surface area is 212 Å². The minimum atomic E-state index is -0.307. The number of nitrogens with one attached hydrogen (secondary N) is 1. The number of aromatic nitrogens is 2. The topological polar surface area (TPSA) is 74.6 Å². The highest BCUT2D eigenvalue weighted by molar-refractivity contribution is 5.95. The first-order valence-corrected chi connectivity index (χ1v) is 12.1. The van der Waals surface area contributed by atoms with E-state index in [0.29, 0.717) is 23.7 Å². The Hall–Kier alpha value is -4.00. The number of para-hydroxylation sites is 2. The van der Waals surface area contributed by atoms with E-state index in [1.54, 1.807) is 32.4 Å². The molecule has 0 bridgehead atoms. The molecule has 0 aliphatic carbocycles. The number of imidazole rings is 1. The van der Waals surface area contributed by atoms with Gasteiger partial charge in [-0.15, -0.1) is 0 Å².